The van der Waals surface area contributed by atoms with Crippen molar-refractivity contribution in [1.29, 1.82) is 0 Å². The Morgan fingerprint density at radius 3 is 1.77 bits per heavy atom. The molecule has 296 valence electrons. The normalized spacial score (nSPS) is 20.8. The number of aliphatic hydroxyl groups is 2. The number of aliphatic hydroxyl groups excluding tert-OH is 2. The molecule has 0 aliphatic carbocycles. The number of unbranched alkanes of at least 4 members (excludes halogenated alkanes) is 1. The summed E-state index contributed by atoms with van der Waals surface area (Å²) in [5.74, 6) is -5.65. The smallest absolute Gasteiger partial charge is 0.328 e. The van der Waals surface area contributed by atoms with Crippen LogP contribution in [0.15, 0.2) is 0 Å². The Balaban J connectivity index is 2.18. The lowest BCUT2D eigenvalue weighted by molar-refractivity contribution is -0.147. The lowest BCUT2D eigenvalue weighted by Crippen LogP contribution is -2.61. The molecule has 0 radical (unpaired) electrons. The maximum Gasteiger partial charge on any atom is 0.328 e. The highest BCUT2D eigenvalue weighted by Crippen LogP contribution is 2.22. The highest BCUT2D eigenvalue weighted by atomic mass is 16.4. The first kappa shape index (κ1) is 44.3. The van der Waals surface area contributed by atoms with Crippen molar-refractivity contribution in [3.05, 3.63) is 0 Å². The molecule has 0 bridgehead atoms. The molecule has 2 rings (SSSR count). The van der Waals surface area contributed by atoms with E-state index >= 15 is 0 Å². The van der Waals surface area contributed by atoms with Gasteiger partial charge in [0, 0.05) is 13.1 Å². The molecule has 2 fully saturated rings. The molecule has 52 heavy (non-hydrogen) atoms. The molecule has 2 heterocycles. The third-order valence-electron chi connectivity index (χ3n) is 9.39. The van der Waals surface area contributed by atoms with Crippen molar-refractivity contribution >= 4 is 41.4 Å². The van der Waals surface area contributed by atoms with E-state index in [2.05, 4.69) is 21.3 Å². The molecule has 2 aliphatic heterocycles. The number of aliphatic carboxylic acids is 1. The number of amides is 6. The minimum absolute atomic E-state index is 0.114. The fourth-order valence-electron chi connectivity index (χ4n) is 6.51. The maximum absolute atomic E-state index is 13.8. The van der Waals surface area contributed by atoms with Crippen molar-refractivity contribution in [1.82, 2.24) is 31.1 Å². The Morgan fingerprint density at radius 2 is 1.29 bits per heavy atom. The van der Waals surface area contributed by atoms with Crippen LogP contribution in [0.4, 0.5) is 0 Å². The molecule has 6 amide bonds. The molecular weight excluding hydrogens is 680 g/mol. The standard InChI is InChI=1S/C34H60N8O10/c1-18(2)16-21(36)32(49)41-14-8-11-24(41)30(47)38-23(17-43)29(46)37-22(10-6-7-13-35)28(45)39-26(19(3)4)33(50)42-15-9-12-25(42)31(48)40-27(20(5)44)34(51)52/h18-27,43-44H,6-17,35-36H2,1-5H3,(H,37,46)(H,38,47)(H,39,45)(H,40,48)(H,51,52)/t20-,21+,22+,23+,24+,25+,26+,27+/m1/s1. The van der Waals surface area contributed by atoms with Gasteiger partial charge in [-0.3, -0.25) is 28.8 Å². The molecule has 0 aromatic rings. The summed E-state index contributed by atoms with van der Waals surface area (Å²) in [6.45, 7) is 8.47. The van der Waals surface area contributed by atoms with E-state index in [4.69, 9.17) is 11.5 Å². The topological polar surface area (TPSA) is 287 Å². The minimum Gasteiger partial charge on any atom is -0.480 e. The summed E-state index contributed by atoms with van der Waals surface area (Å²) >= 11 is 0. The van der Waals surface area contributed by atoms with Gasteiger partial charge in [0.05, 0.1) is 18.8 Å². The maximum atomic E-state index is 13.8. The number of carboxylic acid groups (broad SMARTS) is 1. The van der Waals surface area contributed by atoms with Crippen LogP contribution >= 0.6 is 0 Å². The second-order valence-electron chi connectivity index (χ2n) is 14.5. The molecule has 2 aliphatic rings. The zero-order valence-electron chi connectivity index (χ0n) is 31.0. The number of nitrogens with zero attached hydrogens (tertiary/aromatic N) is 2. The number of rotatable bonds is 20. The Hall–Kier alpha value is -3.87. The van der Waals surface area contributed by atoms with Crippen molar-refractivity contribution in [2.45, 2.75) is 134 Å². The number of carbonyl (C=O) groups excluding carboxylic acids is 6. The zero-order valence-corrected chi connectivity index (χ0v) is 31.0. The number of hydrogen-bond donors (Lipinski definition) is 9. The van der Waals surface area contributed by atoms with Gasteiger partial charge < -0.3 is 57.9 Å². The SMILES string of the molecule is CC(C)C[C@H](N)C(=O)N1CCC[C@H]1C(=O)N[C@@H](CO)C(=O)N[C@@H](CCCCN)C(=O)N[C@H](C(=O)N1CCC[C@H]1C(=O)N[C@H](C(=O)O)[C@@H](C)O)C(C)C. The number of carbonyl (C=O) groups is 7. The van der Waals surface area contributed by atoms with E-state index in [-0.39, 0.29) is 31.2 Å². The third-order valence-corrected chi connectivity index (χ3v) is 9.39. The quantitative estimate of drug-likeness (QED) is 0.0587. The van der Waals surface area contributed by atoms with Gasteiger partial charge in [0.2, 0.25) is 35.4 Å². The molecule has 8 atom stereocenters. The van der Waals surface area contributed by atoms with Gasteiger partial charge in [-0.05, 0) is 76.7 Å². The Bertz CT molecular complexity index is 1260. The first-order valence-electron chi connectivity index (χ1n) is 18.2. The first-order valence-corrected chi connectivity index (χ1v) is 18.2. The van der Waals surface area contributed by atoms with E-state index < -0.39 is 96.4 Å². The van der Waals surface area contributed by atoms with Crippen LogP contribution in [0.25, 0.3) is 0 Å². The number of nitrogens with two attached hydrogens (primary N) is 2. The largest absolute Gasteiger partial charge is 0.480 e. The lowest BCUT2D eigenvalue weighted by atomic mass is 10.0. The second-order valence-corrected chi connectivity index (χ2v) is 14.5. The molecule has 0 aromatic carbocycles. The predicted octanol–water partition coefficient (Wildman–Crippen LogP) is -2.48. The number of hydrogen-bond acceptors (Lipinski definition) is 11. The number of likely N-dealkylation sites (tertiary alicyclic amines) is 2. The summed E-state index contributed by atoms with van der Waals surface area (Å²) in [6.07, 6.45) is 1.69. The summed E-state index contributed by atoms with van der Waals surface area (Å²) in [4.78, 5) is 94.5. The van der Waals surface area contributed by atoms with Crippen molar-refractivity contribution in [2.24, 2.45) is 23.3 Å². The van der Waals surface area contributed by atoms with Crippen molar-refractivity contribution in [3.63, 3.8) is 0 Å². The Kier molecular flexibility index (Phi) is 17.9. The molecule has 0 unspecified atom stereocenters. The van der Waals surface area contributed by atoms with E-state index in [9.17, 15) is 48.9 Å². The average Bonchev–Trinajstić information content (AvgIpc) is 3.77. The molecule has 18 nitrogen and oxygen atoms in total. The molecular formula is C34H60N8O10. The van der Waals surface area contributed by atoms with E-state index in [1.54, 1.807) is 13.8 Å². The molecule has 18 heteroatoms. The van der Waals surface area contributed by atoms with E-state index in [0.29, 0.717) is 51.6 Å². The van der Waals surface area contributed by atoms with Gasteiger partial charge in [-0.15, -0.1) is 0 Å². The van der Waals surface area contributed by atoms with Gasteiger partial charge in [0.15, 0.2) is 6.04 Å². The Labute approximate surface area is 305 Å². The monoisotopic (exact) mass is 740 g/mol. The first-order chi connectivity index (χ1) is 24.4. The van der Waals surface area contributed by atoms with Gasteiger partial charge in [-0.2, -0.15) is 0 Å². The molecule has 0 saturated carbocycles. The fourth-order valence-corrected chi connectivity index (χ4v) is 6.51. The summed E-state index contributed by atoms with van der Waals surface area (Å²) in [6, 6.07) is -8.07. The third kappa shape index (κ3) is 12.4. The Morgan fingerprint density at radius 1 is 0.750 bits per heavy atom. The summed E-state index contributed by atoms with van der Waals surface area (Å²) in [5.41, 5.74) is 11.7. The van der Waals surface area contributed by atoms with Crippen LogP contribution in [0.5, 0.6) is 0 Å². The summed E-state index contributed by atoms with van der Waals surface area (Å²) < 4.78 is 0. The minimum atomic E-state index is -1.58. The van der Waals surface area contributed by atoms with E-state index in [0.717, 1.165) is 0 Å². The summed E-state index contributed by atoms with van der Waals surface area (Å²) in [7, 11) is 0. The fraction of sp³-hybridized carbons (Fsp3) is 0.794. The highest BCUT2D eigenvalue weighted by molar-refractivity contribution is 5.97. The van der Waals surface area contributed by atoms with Gasteiger partial charge >= 0.3 is 5.97 Å². The van der Waals surface area contributed by atoms with Crippen molar-refractivity contribution in [2.75, 3.05) is 26.2 Å². The van der Waals surface area contributed by atoms with Crippen LogP contribution in [-0.2, 0) is 33.6 Å². The van der Waals surface area contributed by atoms with Gasteiger partial charge in [0.25, 0.3) is 0 Å². The average molecular weight is 741 g/mol. The lowest BCUT2D eigenvalue weighted by Gasteiger charge is -2.32. The van der Waals surface area contributed by atoms with Crippen molar-refractivity contribution in [3.8, 4) is 0 Å². The van der Waals surface area contributed by atoms with Crippen LogP contribution in [0.1, 0.15) is 86.0 Å². The van der Waals surface area contributed by atoms with Crippen LogP contribution in [0, 0.1) is 11.8 Å². The molecule has 0 aromatic heterocycles. The van der Waals surface area contributed by atoms with E-state index in [1.807, 2.05) is 13.8 Å². The number of carboxylic acids is 1. The molecule has 0 spiro atoms. The van der Waals surface area contributed by atoms with E-state index in [1.165, 1.54) is 16.7 Å². The number of nitrogens with one attached hydrogen (secondary N) is 4. The van der Waals surface area contributed by atoms with Gasteiger partial charge in [0.1, 0.15) is 30.2 Å². The van der Waals surface area contributed by atoms with Crippen molar-refractivity contribution < 1.29 is 48.9 Å². The molecule has 11 N–H and O–H groups in total. The molecule has 2 saturated heterocycles. The van der Waals surface area contributed by atoms with Crippen LogP contribution in [0.3, 0.4) is 0 Å². The predicted molar refractivity (Wildman–Crippen MR) is 189 cm³/mol. The van der Waals surface area contributed by atoms with Crippen LogP contribution in [0.2, 0.25) is 0 Å². The van der Waals surface area contributed by atoms with Gasteiger partial charge in [-0.25, -0.2) is 4.79 Å². The van der Waals surface area contributed by atoms with Crippen LogP contribution in [-0.4, -0.2) is 141 Å². The highest BCUT2D eigenvalue weighted by Gasteiger charge is 2.42. The second kappa shape index (κ2) is 21.0. The van der Waals surface area contributed by atoms with Gasteiger partial charge in [-0.1, -0.05) is 27.7 Å². The van der Waals surface area contributed by atoms with Crippen LogP contribution < -0.4 is 32.7 Å². The zero-order chi connectivity index (χ0) is 39.3. The summed E-state index contributed by atoms with van der Waals surface area (Å²) in [5, 5.41) is 39.3.